The number of nitriles is 1. The molecule has 0 aliphatic heterocycles. The van der Waals surface area contributed by atoms with Crippen LogP contribution < -0.4 is 0 Å². The predicted molar refractivity (Wildman–Crippen MR) is 62.7 cm³/mol. The number of aryl methyl sites for hydroxylation is 1. The Labute approximate surface area is 96.7 Å². The lowest BCUT2D eigenvalue weighted by atomic mass is 10.2. The second-order valence-electron chi connectivity index (χ2n) is 3.12. The highest BCUT2D eigenvalue weighted by Crippen LogP contribution is 1.92. The van der Waals surface area contributed by atoms with Crippen LogP contribution in [0.15, 0.2) is 30.3 Å². The maximum absolute atomic E-state index is 10.4. The maximum atomic E-state index is 10.4. The summed E-state index contributed by atoms with van der Waals surface area (Å²) < 4.78 is 4.55. The second kappa shape index (κ2) is 9.72. The molecule has 0 bridgehead atoms. The van der Waals surface area contributed by atoms with Crippen molar-refractivity contribution in [2.24, 2.45) is 0 Å². The lowest BCUT2D eigenvalue weighted by Gasteiger charge is -1.95. The van der Waals surface area contributed by atoms with Gasteiger partial charge in [-0.3, -0.25) is 4.79 Å². The van der Waals surface area contributed by atoms with Gasteiger partial charge < -0.3 is 4.74 Å². The summed E-state index contributed by atoms with van der Waals surface area (Å²) in [6.45, 7) is 4.22. The van der Waals surface area contributed by atoms with Gasteiger partial charge in [-0.15, -0.1) is 0 Å². The minimum Gasteiger partial charge on any atom is -0.466 e. The number of rotatable bonds is 3. The number of nitrogens with zero attached hydrogens (tertiary/aromatic N) is 1. The van der Waals surface area contributed by atoms with Gasteiger partial charge in [-0.05, 0) is 13.8 Å². The van der Waals surface area contributed by atoms with Crippen molar-refractivity contribution in [1.82, 2.24) is 0 Å². The van der Waals surface area contributed by atoms with Crippen LogP contribution in [-0.2, 0) is 9.53 Å². The summed E-state index contributed by atoms with van der Waals surface area (Å²) in [6, 6.07) is 12.1. The standard InChI is InChI=1S/C7H8.C6H9NO2/c1-7-5-3-2-4-6-7;1-2-9-6(8)4-3-5-7/h2-6H,1H3;2-4H2,1H3. The highest BCUT2D eigenvalue weighted by Gasteiger charge is 1.97. The SMILES string of the molecule is CCOC(=O)CCC#N.Cc1ccccc1. The molecule has 0 aliphatic carbocycles. The van der Waals surface area contributed by atoms with Crippen LogP contribution in [0.3, 0.4) is 0 Å². The second-order valence-corrected chi connectivity index (χ2v) is 3.12. The molecular weight excluding hydrogens is 202 g/mol. The smallest absolute Gasteiger partial charge is 0.306 e. The minimum atomic E-state index is -0.293. The van der Waals surface area contributed by atoms with E-state index in [4.69, 9.17) is 5.26 Å². The Bertz CT molecular complexity index is 328. The molecule has 0 fully saturated rings. The molecule has 0 amide bonds. The lowest BCUT2D eigenvalue weighted by molar-refractivity contribution is -0.142. The van der Waals surface area contributed by atoms with Crippen molar-refractivity contribution in [2.75, 3.05) is 6.61 Å². The quantitative estimate of drug-likeness (QED) is 0.734. The van der Waals surface area contributed by atoms with Crippen molar-refractivity contribution in [3.8, 4) is 6.07 Å². The number of benzene rings is 1. The molecule has 3 heteroatoms. The van der Waals surface area contributed by atoms with Crippen molar-refractivity contribution in [3.05, 3.63) is 35.9 Å². The van der Waals surface area contributed by atoms with Crippen LogP contribution in [0.5, 0.6) is 0 Å². The van der Waals surface area contributed by atoms with E-state index in [-0.39, 0.29) is 18.8 Å². The molecule has 0 heterocycles. The first-order valence-electron chi connectivity index (χ1n) is 5.25. The van der Waals surface area contributed by atoms with E-state index in [1.165, 1.54) is 5.56 Å². The Balaban J connectivity index is 0.000000288. The zero-order valence-electron chi connectivity index (χ0n) is 9.77. The summed E-state index contributed by atoms with van der Waals surface area (Å²) >= 11 is 0. The Morgan fingerprint density at radius 1 is 1.38 bits per heavy atom. The lowest BCUT2D eigenvalue weighted by Crippen LogP contribution is -2.02. The maximum Gasteiger partial charge on any atom is 0.306 e. The van der Waals surface area contributed by atoms with Gasteiger partial charge in [0.05, 0.1) is 19.1 Å². The van der Waals surface area contributed by atoms with Crippen molar-refractivity contribution >= 4 is 5.97 Å². The van der Waals surface area contributed by atoms with Gasteiger partial charge in [0.2, 0.25) is 0 Å². The van der Waals surface area contributed by atoms with Crippen molar-refractivity contribution in [2.45, 2.75) is 26.7 Å². The van der Waals surface area contributed by atoms with E-state index in [2.05, 4.69) is 23.8 Å². The third-order valence-electron chi connectivity index (χ3n) is 1.69. The third-order valence-corrected chi connectivity index (χ3v) is 1.69. The van der Waals surface area contributed by atoms with Crippen molar-refractivity contribution in [1.29, 1.82) is 5.26 Å². The van der Waals surface area contributed by atoms with Gasteiger partial charge in [0.1, 0.15) is 0 Å². The summed E-state index contributed by atoms with van der Waals surface area (Å²) in [6.07, 6.45) is 0.461. The van der Waals surface area contributed by atoms with E-state index in [1.807, 2.05) is 24.3 Å². The van der Waals surface area contributed by atoms with Crippen molar-refractivity contribution < 1.29 is 9.53 Å². The van der Waals surface area contributed by atoms with Gasteiger partial charge in [-0.25, -0.2) is 0 Å². The molecule has 86 valence electrons. The van der Waals surface area contributed by atoms with Gasteiger partial charge >= 0.3 is 5.97 Å². The molecule has 3 nitrogen and oxygen atoms in total. The number of carbonyl (C=O) groups excluding carboxylic acids is 1. The molecule has 0 spiro atoms. The largest absolute Gasteiger partial charge is 0.466 e. The van der Waals surface area contributed by atoms with Gasteiger partial charge in [0, 0.05) is 6.42 Å². The molecule has 0 radical (unpaired) electrons. The fourth-order valence-electron chi connectivity index (χ4n) is 0.925. The molecule has 0 N–H and O–H groups in total. The number of ether oxygens (including phenoxy) is 1. The van der Waals surface area contributed by atoms with Gasteiger partial charge in [0.25, 0.3) is 0 Å². The molecule has 1 aromatic carbocycles. The van der Waals surface area contributed by atoms with Crippen LogP contribution in [-0.4, -0.2) is 12.6 Å². The summed E-state index contributed by atoms with van der Waals surface area (Å²) in [4.78, 5) is 10.4. The Morgan fingerprint density at radius 2 is 2.00 bits per heavy atom. The summed E-state index contributed by atoms with van der Waals surface area (Å²) in [5.41, 5.74) is 1.32. The normalized spacial score (nSPS) is 8.31. The van der Waals surface area contributed by atoms with E-state index >= 15 is 0 Å². The van der Waals surface area contributed by atoms with Crippen LogP contribution in [0.4, 0.5) is 0 Å². The zero-order chi connectivity index (χ0) is 12.2. The summed E-state index contributed by atoms with van der Waals surface area (Å²) in [5.74, 6) is -0.293. The van der Waals surface area contributed by atoms with Gasteiger partial charge in [-0.2, -0.15) is 5.26 Å². The van der Waals surface area contributed by atoms with E-state index in [9.17, 15) is 4.79 Å². The van der Waals surface area contributed by atoms with Crippen LogP contribution in [0.25, 0.3) is 0 Å². The molecule has 16 heavy (non-hydrogen) atoms. The van der Waals surface area contributed by atoms with Crippen LogP contribution >= 0.6 is 0 Å². The molecule has 1 aromatic rings. The molecule has 0 aliphatic rings. The predicted octanol–water partition coefficient (Wildman–Crippen LogP) is 2.85. The van der Waals surface area contributed by atoms with E-state index in [0.717, 1.165) is 0 Å². The van der Waals surface area contributed by atoms with Gasteiger partial charge in [0.15, 0.2) is 0 Å². The average molecular weight is 219 g/mol. The topological polar surface area (TPSA) is 50.1 Å². The Morgan fingerprint density at radius 3 is 2.38 bits per heavy atom. The van der Waals surface area contributed by atoms with Crippen LogP contribution in [0, 0.1) is 18.3 Å². The number of esters is 1. The van der Waals surface area contributed by atoms with Gasteiger partial charge in [-0.1, -0.05) is 35.9 Å². The van der Waals surface area contributed by atoms with E-state index in [0.29, 0.717) is 6.61 Å². The molecule has 0 unspecified atom stereocenters. The molecule has 0 saturated carbocycles. The fourth-order valence-corrected chi connectivity index (χ4v) is 0.925. The fraction of sp³-hybridized carbons (Fsp3) is 0.385. The Hall–Kier alpha value is -1.82. The number of hydrogen-bond acceptors (Lipinski definition) is 3. The van der Waals surface area contributed by atoms with Crippen LogP contribution in [0.1, 0.15) is 25.3 Å². The monoisotopic (exact) mass is 219 g/mol. The molecule has 0 atom stereocenters. The molecule has 0 saturated heterocycles. The number of hydrogen-bond donors (Lipinski definition) is 0. The Kier molecular flexibility index (Phi) is 8.62. The first kappa shape index (κ1) is 14.2. The molecular formula is C13H17NO2. The van der Waals surface area contributed by atoms with Crippen LogP contribution in [0.2, 0.25) is 0 Å². The first-order chi connectivity index (χ1) is 7.70. The van der Waals surface area contributed by atoms with Crippen molar-refractivity contribution in [3.63, 3.8) is 0 Å². The first-order valence-corrected chi connectivity index (χ1v) is 5.25. The zero-order valence-corrected chi connectivity index (χ0v) is 9.77. The summed E-state index contributed by atoms with van der Waals surface area (Å²) in [5, 5.41) is 8.03. The minimum absolute atomic E-state index is 0.213. The third kappa shape index (κ3) is 8.76. The average Bonchev–Trinajstić information content (AvgIpc) is 2.29. The highest BCUT2D eigenvalue weighted by atomic mass is 16.5. The number of carbonyl (C=O) groups is 1. The molecule has 1 rings (SSSR count). The summed E-state index contributed by atoms with van der Waals surface area (Å²) in [7, 11) is 0. The highest BCUT2D eigenvalue weighted by molar-refractivity contribution is 5.69. The van der Waals surface area contributed by atoms with E-state index < -0.39 is 0 Å². The molecule has 0 aromatic heterocycles. The van der Waals surface area contributed by atoms with E-state index in [1.54, 1.807) is 6.92 Å².